The van der Waals surface area contributed by atoms with Crippen molar-refractivity contribution in [2.24, 2.45) is 0 Å². The molecule has 6 heteroatoms. The molecule has 0 heterocycles. The van der Waals surface area contributed by atoms with Gasteiger partial charge in [0, 0.05) is 10.0 Å². The number of nitrogens with zero attached hydrogens (tertiary/aromatic N) is 1. The molecule has 1 unspecified atom stereocenters. The molecule has 0 saturated carbocycles. The van der Waals surface area contributed by atoms with Gasteiger partial charge in [0.2, 0.25) is 0 Å². The highest BCUT2D eigenvalue weighted by Gasteiger charge is 2.24. The molecule has 0 spiro atoms. The van der Waals surface area contributed by atoms with Gasteiger partial charge in [0.25, 0.3) is 0 Å². The number of hydrogen-bond donors (Lipinski definition) is 0. The smallest absolute Gasteiger partial charge is 0.185 e. The highest BCUT2D eigenvalue weighted by molar-refractivity contribution is 9.10. The van der Waals surface area contributed by atoms with Crippen molar-refractivity contribution in [2.75, 3.05) is 0 Å². The van der Waals surface area contributed by atoms with E-state index in [2.05, 4.69) is 15.9 Å². The van der Waals surface area contributed by atoms with Gasteiger partial charge in [-0.15, -0.1) is 0 Å². The van der Waals surface area contributed by atoms with Crippen molar-refractivity contribution < 1.29 is 9.18 Å². The molecule has 0 radical (unpaired) electrons. The summed E-state index contributed by atoms with van der Waals surface area (Å²) in [6.45, 7) is 0. The molecule has 0 fully saturated rings. The molecule has 2 aromatic rings. The number of halogens is 4. The Balaban J connectivity index is 2.46. The van der Waals surface area contributed by atoms with Crippen molar-refractivity contribution in [3.05, 3.63) is 67.9 Å². The molecule has 2 nitrogen and oxygen atoms in total. The number of carbonyl (C=O) groups excluding carboxylic acids is 1. The Bertz CT molecular complexity index is 758. The zero-order valence-corrected chi connectivity index (χ0v) is 13.5. The Morgan fingerprint density at radius 2 is 1.90 bits per heavy atom. The Labute approximate surface area is 139 Å². The Morgan fingerprint density at radius 3 is 2.52 bits per heavy atom. The van der Waals surface area contributed by atoms with Gasteiger partial charge in [0.1, 0.15) is 11.7 Å². The predicted molar refractivity (Wildman–Crippen MR) is 83.2 cm³/mol. The maximum absolute atomic E-state index is 13.3. The number of Topliss-reactive ketones (excluding diaryl/α,β-unsaturated/α-hetero) is 1. The minimum absolute atomic E-state index is 0.104. The van der Waals surface area contributed by atoms with Crippen LogP contribution in [0, 0.1) is 17.1 Å². The van der Waals surface area contributed by atoms with E-state index in [1.165, 1.54) is 24.3 Å². The second kappa shape index (κ2) is 6.57. The van der Waals surface area contributed by atoms with E-state index in [9.17, 15) is 14.4 Å². The number of ketones is 1. The molecule has 0 aliphatic heterocycles. The number of hydrogen-bond acceptors (Lipinski definition) is 2. The van der Waals surface area contributed by atoms with Crippen LogP contribution in [0.2, 0.25) is 10.0 Å². The summed E-state index contributed by atoms with van der Waals surface area (Å²) in [5, 5.41) is 9.86. The van der Waals surface area contributed by atoms with Gasteiger partial charge in [-0.3, -0.25) is 4.79 Å². The zero-order chi connectivity index (χ0) is 15.6. The molecule has 106 valence electrons. The van der Waals surface area contributed by atoms with E-state index in [-0.39, 0.29) is 10.6 Å². The van der Waals surface area contributed by atoms with Crippen LogP contribution in [-0.2, 0) is 0 Å². The van der Waals surface area contributed by atoms with Crippen LogP contribution < -0.4 is 0 Å². The van der Waals surface area contributed by atoms with Crippen molar-refractivity contribution in [2.45, 2.75) is 5.92 Å². The minimum atomic E-state index is -1.09. The lowest BCUT2D eigenvalue weighted by molar-refractivity contribution is 0.0977. The van der Waals surface area contributed by atoms with Crippen molar-refractivity contribution in [3.8, 4) is 6.07 Å². The fraction of sp³-hybridized carbons (Fsp3) is 0.0667. The lowest BCUT2D eigenvalue weighted by Gasteiger charge is -2.11. The first kappa shape index (κ1) is 16.0. The van der Waals surface area contributed by atoms with Crippen molar-refractivity contribution in [1.82, 2.24) is 0 Å². The highest BCUT2D eigenvalue weighted by Crippen LogP contribution is 2.30. The third-order valence-corrected chi connectivity index (χ3v) is 4.29. The summed E-state index contributed by atoms with van der Waals surface area (Å²) in [6, 6.07) is 10.2. The standard InChI is InChI=1S/C15H7BrCl2FNO/c16-12-3-2-9(19)6-10(12)15(21)11(7-20)8-1-4-13(17)14(18)5-8/h1-6,11H. The molecular formula is C15H7BrCl2FNO. The van der Waals surface area contributed by atoms with Crippen LogP contribution >= 0.6 is 39.1 Å². The van der Waals surface area contributed by atoms with E-state index >= 15 is 0 Å². The van der Waals surface area contributed by atoms with E-state index in [1.54, 1.807) is 6.07 Å². The molecule has 0 amide bonds. The molecule has 0 saturated heterocycles. The Morgan fingerprint density at radius 1 is 1.19 bits per heavy atom. The van der Waals surface area contributed by atoms with Crippen LogP contribution in [0.25, 0.3) is 0 Å². The largest absolute Gasteiger partial charge is 0.292 e. The third-order valence-electron chi connectivity index (χ3n) is 2.86. The molecule has 2 aromatic carbocycles. The van der Waals surface area contributed by atoms with Crippen molar-refractivity contribution in [3.63, 3.8) is 0 Å². The third kappa shape index (κ3) is 3.44. The van der Waals surface area contributed by atoms with Gasteiger partial charge < -0.3 is 0 Å². The fourth-order valence-electron chi connectivity index (χ4n) is 1.82. The first-order valence-corrected chi connectivity index (χ1v) is 7.32. The van der Waals surface area contributed by atoms with Gasteiger partial charge in [-0.2, -0.15) is 5.26 Å². The molecular weight excluding hydrogens is 380 g/mol. The van der Waals surface area contributed by atoms with Gasteiger partial charge in [-0.25, -0.2) is 4.39 Å². The first-order chi connectivity index (χ1) is 9.93. The summed E-state index contributed by atoms with van der Waals surface area (Å²) >= 11 is 14.9. The first-order valence-electron chi connectivity index (χ1n) is 5.78. The Kier molecular flexibility index (Phi) is 5.00. The van der Waals surface area contributed by atoms with Gasteiger partial charge in [0.05, 0.1) is 16.1 Å². The summed E-state index contributed by atoms with van der Waals surface area (Å²) in [5.74, 6) is -2.15. The summed E-state index contributed by atoms with van der Waals surface area (Å²) in [5.41, 5.74) is 0.515. The summed E-state index contributed by atoms with van der Waals surface area (Å²) in [6.07, 6.45) is 0. The van der Waals surface area contributed by atoms with E-state index in [1.807, 2.05) is 6.07 Å². The van der Waals surface area contributed by atoms with Crippen LogP contribution in [0.1, 0.15) is 21.8 Å². The van der Waals surface area contributed by atoms with Gasteiger partial charge in [0.15, 0.2) is 5.78 Å². The predicted octanol–water partition coefficient (Wildman–Crippen LogP) is 5.39. The maximum Gasteiger partial charge on any atom is 0.185 e. The second-order valence-corrected chi connectivity index (χ2v) is 5.89. The average molecular weight is 387 g/mol. The molecule has 21 heavy (non-hydrogen) atoms. The SMILES string of the molecule is N#CC(C(=O)c1cc(F)ccc1Br)c1ccc(Cl)c(Cl)c1. The molecule has 0 aromatic heterocycles. The minimum Gasteiger partial charge on any atom is -0.292 e. The molecule has 0 bridgehead atoms. The van der Waals surface area contributed by atoms with Crippen LogP contribution in [0.3, 0.4) is 0 Å². The van der Waals surface area contributed by atoms with Crippen molar-refractivity contribution in [1.29, 1.82) is 5.26 Å². The van der Waals surface area contributed by atoms with Gasteiger partial charge in [-0.05, 0) is 35.9 Å². The molecule has 0 aliphatic rings. The van der Waals surface area contributed by atoms with E-state index in [0.29, 0.717) is 15.1 Å². The lowest BCUT2D eigenvalue weighted by atomic mass is 9.92. The van der Waals surface area contributed by atoms with E-state index in [4.69, 9.17) is 23.2 Å². The van der Waals surface area contributed by atoms with Crippen LogP contribution in [0.15, 0.2) is 40.9 Å². The van der Waals surface area contributed by atoms with Crippen LogP contribution in [-0.4, -0.2) is 5.78 Å². The monoisotopic (exact) mass is 385 g/mol. The summed E-state index contributed by atoms with van der Waals surface area (Å²) < 4.78 is 13.7. The number of rotatable bonds is 3. The molecule has 1 atom stereocenters. The van der Waals surface area contributed by atoms with Gasteiger partial charge >= 0.3 is 0 Å². The summed E-state index contributed by atoms with van der Waals surface area (Å²) in [4.78, 5) is 12.5. The normalized spacial score (nSPS) is 11.8. The lowest BCUT2D eigenvalue weighted by Crippen LogP contribution is -2.12. The van der Waals surface area contributed by atoms with Crippen LogP contribution in [0.5, 0.6) is 0 Å². The zero-order valence-electron chi connectivity index (χ0n) is 10.4. The topological polar surface area (TPSA) is 40.9 Å². The average Bonchev–Trinajstić information content (AvgIpc) is 2.46. The van der Waals surface area contributed by atoms with Crippen LogP contribution in [0.4, 0.5) is 4.39 Å². The number of nitriles is 1. The van der Waals surface area contributed by atoms with Crippen molar-refractivity contribution >= 4 is 44.9 Å². The van der Waals surface area contributed by atoms with Gasteiger partial charge in [-0.1, -0.05) is 45.2 Å². The Hall–Kier alpha value is -1.41. The summed E-state index contributed by atoms with van der Waals surface area (Å²) in [7, 11) is 0. The second-order valence-electron chi connectivity index (χ2n) is 4.22. The molecule has 0 N–H and O–H groups in total. The molecule has 2 rings (SSSR count). The number of carbonyl (C=O) groups is 1. The fourth-order valence-corrected chi connectivity index (χ4v) is 2.57. The van der Waals surface area contributed by atoms with E-state index in [0.717, 1.165) is 6.07 Å². The molecule has 0 aliphatic carbocycles. The number of benzene rings is 2. The quantitative estimate of drug-likeness (QED) is 0.664. The highest BCUT2D eigenvalue weighted by atomic mass is 79.9. The maximum atomic E-state index is 13.3. The van der Waals surface area contributed by atoms with E-state index < -0.39 is 17.5 Å².